The third-order valence-corrected chi connectivity index (χ3v) is 4.85. The van der Waals surface area contributed by atoms with Gasteiger partial charge in [0.1, 0.15) is 5.82 Å². The molecule has 1 fully saturated rings. The standard InChI is InChI=1S/C20H26N4O2/c1-3-16(19-22-12-17(24-19)14-7-5-4-6-8-14)23-18(25)9-10-21-20(26)15-11-13(15)2/h4-8,12-13,15-16H,3,9-11H2,1-2H3,(H,21,26)(H,22,24)(H,23,25)/t13-,15-,16+/m1/s1. The van der Waals surface area contributed by atoms with Gasteiger partial charge in [-0.2, -0.15) is 0 Å². The van der Waals surface area contributed by atoms with E-state index >= 15 is 0 Å². The molecule has 0 saturated heterocycles. The van der Waals surface area contributed by atoms with Crippen molar-refractivity contribution in [1.29, 1.82) is 0 Å². The number of imidazole rings is 1. The van der Waals surface area contributed by atoms with E-state index in [2.05, 4.69) is 27.5 Å². The topological polar surface area (TPSA) is 86.9 Å². The van der Waals surface area contributed by atoms with Gasteiger partial charge in [-0.15, -0.1) is 0 Å². The van der Waals surface area contributed by atoms with Crippen LogP contribution in [0.1, 0.15) is 45.0 Å². The van der Waals surface area contributed by atoms with Crippen LogP contribution in [0.5, 0.6) is 0 Å². The molecule has 1 aromatic heterocycles. The van der Waals surface area contributed by atoms with Crippen LogP contribution in [0.2, 0.25) is 0 Å². The van der Waals surface area contributed by atoms with E-state index in [9.17, 15) is 9.59 Å². The number of carbonyl (C=O) groups excluding carboxylic acids is 2. The van der Waals surface area contributed by atoms with E-state index in [1.807, 2.05) is 37.3 Å². The molecule has 0 aliphatic heterocycles. The lowest BCUT2D eigenvalue weighted by Gasteiger charge is -2.15. The molecule has 0 bridgehead atoms. The summed E-state index contributed by atoms with van der Waals surface area (Å²) in [5.41, 5.74) is 1.99. The predicted molar refractivity (Wildman–Crippen MR) is 100 cm³/mol. The van der Waals surface area contributed by atoms with Crippen molar-refractivity contribution in [3.05, 3.63) is 42.4 Å². The van der Waals surface area contributed by atoms with Gasteiger partial charge in [-0.25, -0.2) is 4.98 Å². The molecule has 3 N–H and O–H groups in total. The number of carbonyl (C=O) groups is 2. The van der Waals surface area contributed by atoms with Gasteiger partial charge in [0, 0.05) is 18.9 Å². The Morgan fingerprint density at radius 3 is 2.69 bits per heavy atom. The van der Waals surface area contributed by atoms with Crippen LogP contribution in [0.15, 0.2) is 36.5 Å². The predicted octanol–water partition coefficient (Wildman–Crippen LogP) is 2.81. The number of hydrogen-bond donors (Lipinski definition) is 3. The lowest BCUT2D eigenvalue weighted by atomic mass is 10.2. The Kier molecular flexibility index (Phi) is 5.71. The van der Waals surface area contributed by atoms with Crippen LogP contribution >= 0.6 is 0 Å². The fourth-order valence-electron chi connectivity index (χ4n) is 3.03. The first-order valence-corrected chi connectivity index (χ1v) is 9.26. The largest absolute Gasteiger partial charge is 0.355 e. The van der Waals surface area contributed by atoms with Crippen molar-refractivity contribution >= 4 is 11.8 Å². The van der Waals surface area contributed by atoms with E-state index in [4.69, 9.17) is 0 Å². The van der Waals surface area contributed by atoms with E-state index in [1.54, 1.807) is 6.20 Å². The summed E-state index contributed by atoms with van der Waals surface area (Å²) in [7, 11) is 0. The summed E-state index contributed by atoms with van der Waals surface area (Å²) in [6.45, 7) is 4.44. The molecule has 2 aromatic rings. The van der Waals surface area contributed by atoms with Crippen molar-refractivity contribution in [2.24, 2.45) is 11.8 Å². The maximum Gasteiger partial charge on any atom is 0.223 e. The molecule has 2 amide bonds. The average molecular weight is 354 g/mol. The summed E-state index contributed by atoms with van der Waals surface area (Å²) in [4.78, 5) is 31.7. The van der Waals surface area contributed by atoms with E-state index in [1.165, 1.54) is 0 Å². The maximum atomic E-state index is 12.2. The molecule has 0 spiro atoms. The van der Waals surface area contributed by atoms with Crippen molar-refractivity contribution in [2.75, 3.05) is 6.54 Å². The number of aromatic nitrogens is 2. The van der Waals surface area contributed by atoms with Gasteiger partial charge in [-0.1, -0.05) is 44.2 Å². The van der Waals surface area contributed by atoms with E-state index < -0.39 is 0 Å². The highest BCUT2D eigenvalue weighted by Gasteiger charge is 2.38. The van der Waals surface area contributed by atoms with Crippen LogP contribution in [-0.2, 0) is 9.59 Å². The Morgan fingerprint density at radius 2 is 2.04 bits per heavy atom. The van der Waals surface area contributed by atoms with Crippen molar-refractivity contribution in [1.82, 2.24) is 20.6 Å². The quantitative estimate of drug-likeness (QED) is 0.681. The van der Waals surface area contributed by atoms with Crippen LogP contribution in [0, 0.1) is 11.8 Å². The molecule has 1 saturated carbocycles. The van der Waals surface area contributed by atoms with Crippen LogP contribution in [-0.4, -0.2) is 28.3 Å². The molecular weight excluding hydrogens is 328 g/mol. The van der Waals surface area contributed by atoms with Gasteiger partial charge < -0.3 is 15.6 Å². The molecule has 1 heterocycles. The van der Waals surface area contributed by atoms with Crippen LogP contribution < -0.4 is 10.6 Å². The Labute approximate surface area is 153 Å². The molecule has 1 aliphatic carbocycles. The number of nitrogens with one attached hydrogen (secondary N) is 3. The zero-order valence-corrected chi connectivity index (χ0v) is 15.3. The van der Waals surface area contributed by atoms with Gasteiger partial charge in [0.15, 0.2) is 0 Å². The first kappa shape index (κ1) is 18.2. The molecule has 138 valence electrons. The Hall–Kier alpha value is -2.63. The second kappa shape index (κ2) is 8.17. The fraction of sp³-hybridized carbons (Fsp3) is 0.450. The molecule has 6 heteroatoms. The SMILES string of the molecule is CC[C@H](NC(=O)CCNC(=O)[C@@H]1C[C@H]1C)c1ncc(-c2ccccc2)[nH]1. The molecule has 0 radical (unpaired) electrons. The molecule has 6 nitrogen and oxygen atoms in total. The number of hydrogen-bond acceptors (Lipinski definition) is 3. The third-order valence-electron chi connectivity index (χ3n) is 4.85. The molecular formula is C20H26N4O2. The van der Waals surface area contributed by atoms with Gasteiger partial charge in [-0.3, -0.25) is 9.59 Å². The van der Waals surface area contributed by atoms with E-state index in [0.717, 1.165) is 29.9 Å². The fourth-order valence-corrected chi connectivity index (χ4v) is 3.03. The Balaban J connectivity index is 1.50. The lowest BCUT2D eigenvalue weighted by molar-refractivity contribution is -0.123. The van der Waals surface area contributed by atoms with Gasteiger partial charge >= 0.3 is 0 Å². The molecule has 3 atom stereocenters. The maximum absolute atomic E-state index is 12.2. The summed E-state index contributed by atoms with van der Waals surface area (Å²) in [5.74, 6) is 1.34. The molecule has 1 aromatic carbocycles. The van der Waals surface area contributed by atoms with Crippen molar-refractivity contribution in [3.8, 4) is 11.3 Å². The lowest BCUT2D eigenvalue weighted by Crippen LogP contribution is -2.33. The molecule has 1 aliphatic rings. The first-order chi connectivity index (χ1) is 12.6. The normalized spacial score (nSPS) is 19.6. The second-order valence-corrected chi connectivity index (χ2v) is 6.94. The minimum atomic E-state index is -0.167. The van der Waals surface area contributed by atoms with Crippen molar-refractivity contribution < 1.29 is 9.59 Å². The number of benzene rings is 1. The minimum Gasteiger partial charge on any atom is -0.355 e. The first-order valence-electron chi connectivity index (χ1n) is 9.26. The number of nitrogens with zero attached hydrogens (tertiary/aromatic N) is 1. The highest BCUT2D eigenvalue weighted by molar-refractivity contribution is 5.82. The summed E-state index contributed by atoms with van der Waals surface area (Å²) >= 11 is 0. The Bertz CT molecular complexity index is 756. The molecule has 0 unspecified atom stereocenters. The highest BCUT2D eigenvalue weighted by atomic mass is 16.2. The van der Waals surface area contributed by atoms with Crippen LogP contribution in [0.3, 0.4) is 0 Å². The van der Waals surface area contributed by atoms with Crippen LogP contribution in [0.4, 0.5) is 0 Å². The smallest absolute Gasteiger partial charge is 0.223 e. The zero-order chi connectivity index (χ0) is 18.5. The summed E-state index contributed by atoms with van der Waals surface area (Å²) in [5, 5.41) is 5.83. The third kappa shape index (κ3) is 4.50. The number of amides is 2. The Morgan fingerprint density at radius 1 is 1.31 bits per heavy atom. The average Bonchev–Trinajstić information content (AvgIpc) is 3.19. The highest BCUT2D eigenvalue weighted by Crippen LogP contribution is 2.37. The van der Waals surface area contributed by atoms with Gasteiger partial charge in [0.2, 0.25) is 11.8 Å². The van der Waals surface area contributed by atoms with E-state index in [-0.39, 0.29) is 30.2 Å². The molecule has 3 rings (SSSR count). The van der Waals surface area contributed by atoms with Crippen LogP contribution in [0.25, 0.3) is 11.3 Å². The summed E-state index contributed by atoms with van der Waals surface area (Å²) in [6.07, 6.45) is 3.75. The van der Waals surface area contributed by atoms with Crippen molar-refractivity contribution in [2.45, 2.75) is 39.2 Å². The summed E-state index contributed by atoms with van der Waals surface area (Å²) < 4.78 is 0. The molecule has 26 heavy (non-hydrogen) atoms. The number of aromatic amines is 1. The van der Waals surface area contributed by atoms with Gasteiger partial charge in [0.25, 0.3) is 0 Å². The van der Waals surface area contributed by atoms with Gasteiger partial charge in [0.05, 0.1) is 17.9 Å². The van der Waals surface area contributed by atoms with Crippen molar-refractivity contribution in [3.63, 3.8) is 0 Å². The van der Waals surface area contributed by atoms with E-state index in [0.29, 0.717) is 12.5 Å². The number of rotatable bonds is 8. The number of H-pyrrole nitrogens is 1. The zero-order valence-electron chi connectivity index (χ0n) is 15.3. The summed E-state index contributed by atoms with van der Waals surface area (Å²) in [6, 6.07) is 9.79. The second-order valence-electron chi connectivity index (χ2n) is 6.94. The monoisotopic (exact) mass is 354 g/mol. The minimum absolute atomic E-state index is 0.0656. The van der Waals surface area contributed by atoms with Gasteiger partial charge in [-0.05, 0) is 24.3 Å².